The number of unbranched alkanes of at least 4 members (excludes halogenated alkanes) is 1. The van der Waals surface area contributed by atoms with Crippen LogP contribution < -0.4 is 0 Å². The fraction of sp³-hybridized carbons (Fsp3) is 0.600. The molecule has 1 aromatic heterocycles. The second-order valence-corrected chi connectivity index (χ2v) is 3.54. The summed E-state index contributed by atoms with van der Waals surface area (Å²) in [7, 11) is 0. The van der Waals surface area contributed by atoms with E-state index in [2.05, 4.69) is 15.0 Å². The van der Waals surface area contributed by atoms with Gasteiger partial charge >= 0.3 is 0 Å². The molecule has 0 amide bonds. The standard InChI is InChI=1S/C10H16N4O2/c1-9-10(13-8-12-9)4-2-3-5-11-6-7-14(15)16/h6,8H,2-5,7H2,1H3,(H,12,13). The summed E-state index contributed by atoms with van der Waals surface area (Å²) in [5, 5.41) is 9.98. The highest BCUT2D eigenvalue weighted by Gasteiger charge is 1.99. The van der Waals surface area contributed by atoms with Gasteiger partial charge in [-0.1, -0.05) is 0 Å². The highest BCUT2D eigenvalue weighted by atomic mass is 16.6. The molecule has 0 spiro atoms. The number of nitrogens with zero attached hydrogens (tertiary/aromatic N) is 3. The summed E-state index contributed by atoms with van der Waals surface area (Å²) in [4.78, 5) is 20.8. The molecule has 88 valence electrons. The van der Waals surface area contributed by atoms with Gasteiger partial charge < -0.3 is 4.98 Å². The molecule has 6 heteroatoms. The van der Waals surface area contributed by atoms with Crippen molar-refractivity contribution in [1.82, 2.24) is 9.97 Å². The minimum absolute atomic E-state index is 0.182. The van der Waals surface area contributed by atoms with Gasteiger partial charge in [-0.2, -0.15) is 0 Å². The number of aryl methyl sites for hydroxylation is 2. The highest BCUT2D eigenvalue weighted by molar-refractivity contribution is 5.57. The van der Waals surface area contributed by atoms with Crippen LogP contribution in [-0.4, -0.2) is 34.2 Å². The van der Waals surface area contributed by atoms with E-state index in [0.29, 0.717) is 6.54 Å². The van der Waals surface area contributed by atoms with Crippen LogP contribution in [0, 0.1) is 17.0 Å². The molecule has 1 heterocycles. The second kappa shape index (κ2) is 6.71. The lowest BCUT2D eigenvalue weighted by Crippen LogP contribution is -2.01. The van der Waals surface area contributed by atoms with Gasteiger partial charge in [0, 0.05) is 17.2 Å². The number of rotatable bonds is 7. The average Bonchev–Trinajstić information content (AvgIpc) is 2.62. The third-order valence-corrected chi connectivity index (χ3v) is 2.24. The second-order valence-electron chi connectivity index (χ2n) is 3.54. The van der Waals surface area contributed by atoms with Gasteiger partial charge in [0.1, 0.15) is 0 Å². The van der Waals surface area contributed by atoms with Crippen molar-refractivity contribution in [3.8, 4) is 0 Å². The van der Waals surface area contributed by atoms with Crippen molar-refractivity contribution in [2.45, 2.75) is 26.2 Å². The van der Waals surface area contributed by atoms with Crippen molar-refractivity contribution in [2.24, 2.45) is 4.99 Å². The van der Waals surface area contributed by atoms with Crippen LogP contribution in [0.15, 0.2) is 11.3 Å². The largest absolute Gasteiger partial charge is 0.348 e. The molecule has 0 aliphatic carbocycles. The molecule has 0 bridgehead atoms. The minimum Gasteiger partial charge on any atom is -0.348 e. The summed E-state index contributed by atoms with van der Waals surface area (Å²) < 4.78 is 0. The van der Waals surface area contributed by atoms with Crippen LogP contribution in [0.25, 0.3) is 0 Å². The van der Waals surface area contributed by atoms with Gasteiger partial charge in [-0.3, -0.25) is 15.1 Å². The van der Waals surface area contributed by atoms with Gasteiger partial charge in [0.25, 0.3) is 0 Å². The van der Waals surface area contributed by atoms with Crippen molar-refractivity contribution >= 4 is 6.21 Å². The van der Waals surface area contributed by atoms with Gasteiger partial charge in [-0.25, -0.2) is 4.98 Å². The molecule has 0 fully saturated rings. The van der Waals surface area contributed by atoms with Crippen LogP contribution in [0.1, 0.15) is 24.2 Å². The Hall–Kier alpha value is -1.72. The van der Waals surface area contributed by atoms with E-state index in [1.807, 2.05) is 6.92 Å². The maximum atomic E-state index is 9.98. The molecule has 1 rings (SSSR count). The fourth-order valence-electron chi connectivity index (χ4n) is 1.35. The Morgan fingerprint density at radius 3 is 3.06 bits per heavy atom. The van der Waals surface area contributed by atoms with Crippen molar-refractivity contribution in [3.63, 3.8) is 0 Å². The maximum Gasteiger partial charge on any atom is 0.238 e. The van der Waals surface area contributed by atoms with Crippen molar-refractivity contribution in [1.29, 1.82) is 0 Å². The molecule has 1 aromatic rings. The Bertz CT molecular complexity index is 359. The number of nitro groups is 1. The Kier molecular flexibility index (Phi) is 5.18. The number of H-pyrrole nitrogens is 1. The van der Waals surface area contributed by atoms with Crippen LogP contribution in [-0.2, 0) is 6.42 Å². The SMILES string of the molecule is Cc1[nH]cnc1CCCCN=CC[N+](=O)[O-]. The van der Waals surface area contributed by atoms with Gasteiger partial charge in [-0.15, -0.1) is 0 Å². The zero-order valence-corrected chi connectivity index (χ0v) is 9.35. The lowest BCUT2D eigenvalue weighted by atomic mass is 10.2. The highest BCUT2D eigenvalue weighted by Crippen LogP contribution is 2.05. The van der Waals surface area contributed by atoms with E-state index in [0.717, 1.165) is 30.7 Å². The minimum atomic E-state index is -0.392. The zero-order chi connectivity index (χ0) is 11.8. The molecule has 0 aliphatic heterocycles. The van der Waals surface area contributed by atoms with E-state index in [1.165, 1.54) is 6.21 Å². The van der Waals surface area contributed by atoms with Gasteiger partial charge in [0.2, 0.25) is 6.54 Å². The molecular weight excluding hydrogens is 208 g/mol. The van der Waals surface area contributed by atoms with Crippen LogP contribution >= 0.6 is 0 Å². The summed E-state index contributed by atoms with van der Waals surface area (Å²) in [5.74, 6) is 0. The van der Waals surface area contributed by atoms with E-state index in [4.69, 9.17) is 0 Å². The molecule has 0 saturated heterocycles. The summed E-state index contributed by atoms with van der Waals surface area (Å²) in [6.45, 7) is 2.47. The number of imidazole rings is 1. The molecule has 0 atom stereocenters. The number of aliphatic imine (C=N–C) groups is 1. The van der Waals surface area contributed by atoms with Crippen LogP contribution in [0.5, 0.6) is 0 Å². The first-order chi connectivity index (χ1) is 7.70. The molecule has 0 unspecified atom stereocenters. The first kappa shape index (κ1) is 12.4. The van der Waals surface area contributed by atoms with Gasteiger partial charge in [0.15, 0.2) is 0 Å². The first-order valence-electron chi connectivity index (χ1n) is 5.29. The van der Waals surface area contributed by atoms with E-state index in [-0.39, 0.29) is 6.54 Å². The average molecular weight is 224 g/mol. The maximum absolute atomic E-state index is 9.98. The Morgan fingerprint density at radius 1 is 1.62 bits per heavy atom. The molecule has 0 aliphatic rings. The summed E-state index contributed by atoms with van der Waals surface area (Å²) in [5.41, 5.74) is 2.20. The number of aromatic nitrogens is 2. The van der Waals surface area contributed by atoms with E-state index < -0.39 is 4.92 Å². The Balaban J connectivity index is 2.06. The smallest absolute Gasteiger partial charge is 0.238 e. The molecule has 1 N–H and O–H groups in total. The Morgan fingerprint density at radius 2 is 2.44 bits per heavy atom. The van der Waals surface area contributed by atoms with Crippen LogP contribution in [0.4, 0.5) is 0 Å². The molecule has 0 saturated carbocycles. The lowest BCUT2D eigenvalue weighted by Gasteiger charge is -1.97. The summed E-state index contributed by atoms with van der Waals surface area (Å²) in [6, 6.07) is 0. The number of hydrogen-bond acceptors (Lipinski definition) is 4. The van der Waals surface area contributed by atoms with E-state index in [1.54, 1.807) is 6.33 Å². The third-order valence-electron chi connectivity index (χ3n) is 2.24. The molecule has 0 radical (unpaired) electrons. The number of hydrogen-bond donors (Lipinski definition) is 1. The van der Waals surface area contributed by atoms with Crippen molar-refractivity contribution in [2.75, 3.05) is 13.1 Å². The molecule has 6 nitrogen and oxygen atoms in total. The summed E-state index contributed by atoms with van der Waals surface area (Å²) >= 11 is 0. The topological polar surface area (TPSA) is 84.2 Å². The molecule has 0 aromatic carbocycles. The zero-order valence-electron chi connectivity index (χ0n) is 9.35. The van der Waals surface area contributed by atoms with Crippen molar-refractivity contribution < 1.29 is 4.92 Å². The molecular formula is C10H16N4O2. The third kappa shape index (κ3) is 4.68. The van der Waals surface area contributed by atoms with E-state index in [9.17, 15) is 10.1 Å². The first-order valence-corrected chi connectivity index (χ1v) is 5.29. The van der Waals surface area contributed by atoms with E-state index >= 15 is 0 Å². The fourth-order valence-corrected chi connectivity index (χ4v) is 1.35. The predicted octanol–water partition coefficient (Wildman–Crippen LogP) is 1.39. The Labute approximate surface area is 94.0 Å². The van der Waals surface area contributed by atoms with Gasteiger partial charge in [0.05, 0.1) is 18.2 Å². The normalized spacial score (nSPS) is 11.1. The molecule has 16 heavy (non-hydrogen) atoms. The quantitative estimate of drug-likeness (QED) is 0.328. The predicted molar refractivity (Wildman–Crippen MR) is 61.5 cm³/mol. The monoisotopic (exact) mass is 224 g/mol. The number of nitrogens with one attached hydrogen (secondary N) is 1. The van der Waals surface area contributed by atoms with Crippen molar-refractivity contribution in [3.05, 3.63) is 27.8 Å². The lowest BCUT2D eigenvalue weighted by molar-refractivity contribution is -0.462. The number of aromatic amines is 1. The van der Waals surface area contributed by atoms with Crippen LogP contribution in [0.2, 0.25) is 0 Å². The van der Waals surface area contributed by atoms with Gasteiger partial charge in [-0.05, 0) is 26.2 Å². The van der Waals surface area contributed by atoms with Crippen LogP contribution in [0.3, 0.4) is 0 Å². The summed E-state index contributed by atoms with van der Waals surface area (Å²) in [6.07, 6.45) is 5.92.